The normalized spacial score (nSPS) is 20.6. The molecule has 3 heterocycles. The van der Waals surface area contributed by atoms with E-state index in [1.165, 1.54) is 22.5 Å². The number of amides is 2. The highest BCUT2D eigenvalue weighted by atomic mass is 32.2. The fourth-order valence-electron chi connectivity index (χ4n) is 9.23. The first-order valence-corrected chi connectivity index (χ1v) is 24.7. The number of anilines is 1. The van der Waals surface area contributed by atoms with Gasteiger partial charge in [0.25, 0.3) is 0 Å². The summed E-state index contributed by atoms with van der Waals surface area (Å²) in [6, 6.07) is 19.3. The SMILES string of the molecule is CC(C)CN(CC[C@H](Cc1ccc(OCc2ccccc2-c2sc3c(c2C(=O)O)CC(C)(C)CC3)cc1)NC(=O)O[C@H]1CO[C@@]2(C)OCC[C@@H]12)S(=O)(=O)c1ccc(N)c(CCC(N)=O)c1. The summed E-state index contributed by atoms with van der Waals surface area (Å²) in [5, 5.41) is 13.4. The van der Waals surface area contributed by atoms with Crippen LogP contribution in [-0.2, 0) is 61.3 Å². The number of ether oxygens (including phenoxy) is 4. The molecular formula is C49H62N4O10S2. The molecule has 4 aromatic rings. The lowest BCUT2D eigenvalue weighted by Crippen LogP contribution is -2.43. The molecule has 4 atom stereocenters. The van der Waals surface area contributed by atoms with E-state index in [0.717, 1.165) is 51.3 Å². The number of aromatic carboxylic acids is 1. The lowest BCUT2D eigenvalue weighted by molar-refractivity contribution is -0.181. The number of aryl methyl sites for hydroxylation is 2. The third-order valence-corrected chi connectivity index (χ3v) is 16.0. The largest absolute Gasteiger partial charge is 0.489 e. The molecule has 3 aromatic carbocycles. The van der Waals surface area contributed by atoms with Crippen molar-refractivity contribution < 1.29 is 46.9 Å². The average Bonchev–Trinajstić information content (AvgIpc) is 3.91. The Morgan fingerprint density at radius 2 is 1.78 bits per heavy atom. The van der Waals surface area contributed by atoms with Gasteiger partial charge in [-0.3, -0.25) is 4.79 Å². The lowest BCUT2D eigenvalue weighted by atomic mass is 9.76. The van der Waals surface area contributed by atoms with Gasteiger partial charge in [0.2, 0.25) is 15.9 Å². The van der Waals surface area contributed by atoms with Crippen LogP contribution < -0.4 is 21.5 Å². The Hall–Kier alpha value is -5.00. The first-order valence-electron chi connectivity index (χ1n) is 22.4. The zero-order valence-electron chi connectivity index (χ0n) is 37.9. The van der Waals surface area contributed by atoms with Crippen LogP contribution in [0.2, 0.25) is 0 Å². The van der Waals surface area contributed by atoms with Crippen LogP contribution in [0, 0.1) is 17.3 Å². The van der Waals surface area contributed by atoms with E-state index < -0.39 is 45.9 Å². The minimum Gasteiger partial charge on any atom is -0.489 e. The fraction of sp³-hybridized carbons (Fsp3) is 0.490. The first-order chi connectivity index (χ1) is 30.8. The number of carboxylic acid groups (broad SMARTS) is 1. The molecule has 1 aromatic heterocycles. The summed E-state index contributed by atoms with van der Waals surface area (Å²) < 4.78 is 53.9. The van der Waals surface area contributed by atoms with E-state index >= 15 is 0 Å². The molecule has 2 saturated heterocycles. The van der Waals surface area contributed by atoms with Crippen molar-refractivity contribution in [2.45, 2.75) is 115 Å². The summed E-state index contributed by atoms with van der Waals surface area (Å²) in [5.41, 5.74) is 16.4. The molecule has 6 N–H and O–H groups in total. The number of thiophene rings is 1. The number of nitrogens with zero attached hydrogens (tertiary/aromatic N) is 1. The Balaban J connectivity index is 1.07. The van der Waals surface area contributed by atoms with Crippen LogP contribution >= 0.6 is 11.3 Å². The minimum absolute atomic E-state index is 0.0173. The number of fused-ring (bicyclic) bond motifs is 2. The molecule has 2 amide bonds. The second-order valence-corrected chi connectivity index (χ2v) is 21.9. The van der Waals surface area contributed by atoms with Crippen molar-refractivity contribution in [2.75, 3.05) is 32.0 Å². The van der Waals surface area contributed by atoms with Gasteiger partial charge in [0, 0.05) is 41.0 Å². The Morgan fingerprint density at radius 1 is 1.03 bits per heavy atom. The van der Waals surface area contributed by atoms with Crippen LogP contribution in [0.3, 0.4) is 0 Å². The number of hydrogen-bond acceptors (Lipinski definition) is 11. The summed E-state index contributed by atoms with van der Waals surface area (Å²) in [5.74, 6) is -1.74. The summed E-state index contributed by atoms with van der Waals surface area (Å²) in [7, 11) is -4.03. The molecule has 2 aliphatic heterocycles. The Kier molecular flexibility index (Phi) is 14.6. The second-order valence-electron chi connectivity index (χ2n) is 18.9. The van der Waals surface area contributed by atoms with E-state index in [0.29, 0.717) is 42.0 Å². The monoisotopic (exact) mass is 930 g/mol. The number of rotatable bonds is 19. The molecular weight excluding hydrogens is 869 g/mol. The highest BCUT2D eigenvalue weighted by Crippen LogP contribution is 2.46. The van der Waals surface area contributed by atoms with Crippen LogP contribution in [-0.4, -0.2) is 80.0 Å². The maximum atomic E-state index is 14.3. The van der Waals surface area contributed by atoms with Gasteiger partial charge in [-0.2, -0.15) is 4.31 Å². The van der Waals surface area contributed by atoms with Gasteiger partial charge in [-0.15, -0.1) is 11.3 Å². The van der Waals surface area contributed by atoms with Crippen LogP contribution in [0.4, 0.5) is 10.5 Å². The molecule has 0 spiro atoms. The van der Waals surface area contributed by atoms with Crippen LogP contribution in [0.5, 0.6) is 5.75 Å². The number of primary amides is 1. The Bertz CT molecular complexity index is 2490. The van der Waals surface area contributed by atoms with Gasteiger partial charge in [-0.25, -0.2) is 18.0 Å². The van der Waals surface area contributed by atoms with E-state index in [9.17, 15) is 27.9 Å². The molecule has 0 bridgehead atoms. The zero-order chi connectivity index (χ0) is 46.7. The molecule has 0 unspecified atom stereocenters. The number of nitrogen functional groups attached to an aromatic ring is 1. The van der Waals surface area contributed by atoms with Crippen molar-refractivity contribution in [3.63, 3.8) is 0 Å². The highest BCUT2D eigenvalue weighted by Gasteiger charge is 2.53. The van der Waals surface area contributed by atoms with Gasteiger partial charge in [-0.1, -0.05) is 64.1 Å². The highest BCUT2D eigenvalue weighted by molar-refractivity contribution is 7.89. The molecule has 0 radical (unpaired) electrons. The molecule has 16 heteroatoms. The maximum absolute atomic E-state index is 14.3. The molecule has 0 saturated carbocycles. The number of nitrogens with one attached hydrogen (secondary N) is 1. The number of sulfonamides is 1. The van der Waals surface area contributed by atoms with Crippen molar-refractivity contribution in [3.8, 4) is 16.2 Å². The summed E-state index contributed by atoms with van der Waals surface area (Å²) in [6.45, 7) is 11.4. The molecule has 2 fully saturated rings. The fourth-order valence-corrected chi connectivity index (χ4v) is 12.3. The van der Waals surface area contributed by atoms with E-state index in [4.69, 9.17) is 30.4 Å². The van der Waals surface area contributed by atoms with Crippen LogP contribution in [0.1, 0.15) is 97.8 Å². The van der Waals surface area contributed by atoms with E-state index in [2.05, 4.69) is 19.2 Å². The topological polar surface area (TPSA) is 210 Å². The number of carbonyl (C=O) groups is 3. The Morgan fingerprint density at radius 3 is 2.51 bits per heavy atom. The number of carbonyl (C=O) groups excluding carboxylic acids is 2. The van der Waals surface area contributed by atoms with E-state index in [1.807, 2.05) is 69.3 Å². The number of nitrogens with two attached hydrogens (primary N) is 2. The molecule has 14 nitrogen and oxygen atoms in total. The van der Waals surface area contributed by atoms with Crippen molar-refractivity contribution >= 4 is 45.0 Å². The van der Waals surface area contributed by atoms with Crippen molar-refractivity contribution in [1.29, 1.82) is 0 Å². The molecule has 3 aliphatic rings. The number of alkyl carbamates (subject to hydrolysis) is 1. The van der Waals surface area contributed by atoms with Gasteiger partial charge in [0.05, 0.1) is 29.6 Å². The molecule has 350 valence electrons. The standard InChI is InChI=1S/C49H62N4O10S2/c1-30(2)27-53(65(58,59)36-15-16-40(50)32(25-36)12-17-43(51)54)22-19-34(52-47(57)63-41-29-62-49(5)39(41)20-23-61-49)24-31-10-13-35(14-11-31)60-28-33-8-6-7-9-37(33)45-44(46(55)56)38-26-48(3,4)21-18-42(38)64-45/h6-11,13-16,25,30,34,39,41H,12,17-24,26-29,50H2,1-5H3,(H2,51,54)(H,52,57)(H,55,56)/t34-,39+,41+,49-/m1/s1. The van der Waals surface area contributed by atoms with Crippen molar-refractivity contribution in [3.05, 3.63) is 99.4 Å². The third-order valence-electron chi connectivity index (χ3n) is 12.8. The summed E-state index contributed by atoms with van der Waals surface area (Å²) in [6.07, 6.45) is 3.03. The van der Waals surface area contributed by atoms with Crippen molar-refractivity contribution in [2.24, 2.45) is 23.0 Å². The predicted octanol–water partition coefficient (Wildman–Crippen LogP) is 7.73. The van der Waals surface area contributed by atoms with Gasteiger partial charge >= 0.3 is 12.1 Å². The summed E-state index contributed by atoms with van der Waals surface area (Å²) >= 11 is 1.57. The van der Waals surface area contributed by atoms with Crippen molar-refractivity contribution in [1.82, 2.24) is 9.62 Å². The quantitative estimate of drug-likeness (QED) is 0.0669. The van der Waals surface area contributed by atoms with Crippen LogP contribution in [0.25, 0.3) is 10.4 Å². The zero-order valence-corrected chi connectivity index (χ0v) is 39.5. The maximum Gasteiger partial charge on any atom is 0.407 e. The molecule has 65 heavy (non-hydrogen) atoms. The van der Waals surface area contributed by atoms with E-state index in [1.54, 1.807) is 11.3 Å². The minimum atomic E-state index is -4.03. The smallest absolute Gasteiger partial charge is 0.407 e. The second kappa shape index (κ2) is 19.8. The van der Waals surface area contributed by atoms with E-state index in [-0.39, 0.29) is 67.7 Å². The van der Waals surface area contributed by atoms with Gasteiger partial charge in [0.1, 0.15) is 18.5 Å². The number of benzene rings is 3. The van der Waals surface area contributed by atoms with Gasteiger partial charge < -0.3 is 40.8 Å². The summed E-state index contributed by atoms with van der Waals surface area (Å²) in [4.78, 5) is 39.8. The molecule has 1 aliphatic carbocycles. The average molecular weight is 931 g/mol. The third kappa shape index (κ3) is 11.3. The molecule has 7 rings (SSSR count). The first kappa shape index (κ1) is 47.9. The number of hydrogen-bond donors (Lipinski definition) is 4. The Labute approximate surface area is 386 Å². The van der Waals surface area contributed by atoms with Gasteiger partial charge in [-0.05, 0) is 121 Å². The lowest BCUT2D eigenvalue weighted by Gasteiger charge is -2.29. The predicted molar refractivity (Wildman–Crippen MR) is 249 cm³/mol. The van der Waals surface area contributed by atoms with Gasteiger partial charge in [0.15, 0.2) is 5.79 Å². The number of carboxylic acids is 1. The van der Waals surface area contributed by atoms with Crippen LogP contribution in [0.15, 0.2) is 71.6 Å².